The van der Waals surface area contributed by atoms with Crippen LogP contribution in [0.4, 0.5) is 11.4 Å². The molecular weight excluding hydrogens is 430 g/mol. The van der Waals surface area contributed by atoms with Gasteiger partial charge in [-0.2, -0.15) is 0 Å². The number of benzene rings is 1. The number of pyridine rings is 1. The Bertz CT molecular complexity index is 1110. The minimum Gasteiger partial charge on any atom is -0.353 e. The molecule has 0 spiro atoms. The molecule has 1 fully saturated rings. The molecule has 160 valence electrons. The second kappa shape index (κ2) is 8.69. The second-order valence-electron chi connectivity index (χ2n) is 7.85. The number of hydrogen-bond acceptors (Lipinski definition) is 3. The first kappa shape index (κ1) is 21.3. The number of hydrogen-bond donors (Lipinski definition) is 2. The van der Waals surface area contributed by atoms with E-state index in [9.17, 15) is 4.79 Å². The summed E-state index contributed by atoms with van der Waals surface area (Å²) in [7, 11) is 2.02. The lowest BCUT2D eigenvalue weighted by molar-refractivity contribution is -0.118. The van der Waals surface area contributed by atoms with Crippen molar-refractivity contribution in [1.82, 2.24) is 14.9 Å². The van der Waals surface area contributed by atoms with Gasteiger partial charge in [-0.15, -0.1) is 0 Å². The average Bonchev–Trinajstić information content (AvgIpc) is 3.32. The number of rotatable bonds is 5. The number of aromatic nitrogens is 2. The van der Waals surface area contributed by atoms with Gasteiger partial charge in [0, 0.05) is 36.7 Å². The minimum absolute atomic E-state index is 0.0788. The van der Waals surface area contributed by atoms with Crippen LogP contribution in [0.15, 0.2) is 60.9 Å². The van der Waals surface area contributed by atoms with Crippen LogP contribution in [0.25, 0.3) is 0 Å². The van der Waals surface area contributed by atoms with E-state index in [0.29, 0.717) is 15.8 Å². The van der Waals surface area contributed by atoms with E-state index < -0.39 is 0 Å². The van der Waals surface area contributed by atoms with Crippen molar-refractivity contribution in [3.63, 3.8) is 0 Å². The number of amides is 1. The first-order valence-electron chi connectivity index (χ1n) is 10.1. The number of nitrogens with zero attached hydrogens (tertiary/aromatic N) is 3. The molecule has 0 radical (unpaired) electrons. The molecule has 3 heterocycles. The van der Waals surface area contributed by atoms with E-state index in [2.05, 4.69) is 31.2 Å². The lowest BCUT2D eigenvalue weighted by Crippen LogP contribution is -2.30. The van der Waals surface area contributed by atoms with Gasteiger partial charge in [0.05, 0.1) is 22.4 Å². The highest BCUT2D eigenvalue weighted by molar-refractivity contribution is 7.80. The summed E-state index contributed by atoms with van der Waals surface area (Å²) in [5, 5.41) is 7.36. The topological polar surface area (TPSA) is 62.2 Å². The van der Waals surface area contributed by atoms with Crippen LogP contribution >= 0.6 is 23.8 Å². The summed E-state index contributed by atoms with van der Waals surface area (Å²) in [6, 6.07) is 15.3. The maximum absolute atomic E-state index is 12.1. The molecule has 1 saturated heterocycles. The van der Waals surface area contributed by atoms with Crippen LogP contribution in [0, 0.1) is 5.92 Å². The molecule has 1 aliphatic rings. The lowest BCUT2D eigenvalue weighted by Gasteiger charge is -2.28. The molecule has 0 aliphatic carbocycles. The fourth-order valence-electron chi connectivity index (χ4n) is 3.75. The van der Waals surface area contributed by atoms with Crippen molar-refractivity contribution in [1.29, 1.82) is 0 Å². The van der Waals surface area contributed by atoms with E-state index in [-0.39, 0.29) is 23.9 Å². The van der Waals surface area contributed by atoms with Gasteiger partial charge in [-0.3, -0.25) is 9.78 Å². The van der Waals surface area contributed by atoms with Gasteiger partial charge in [0.25, 0.3) is 0 Å². The first-order valence-corrected chi connectivity index (χ1v) is 10.9. The van der Waals surface area contributed by atoms with Crippen molar-refractivity contribution in [3.05, 3.63) is 77.3 Å². The molecule has 31 heavy (non-hydrogen) atoms. The summed E-state index contributed by atoms with van der Waals surface area (Å²) in [4.78, 5) is 18.7. The smallest absolute Gasteiger partial charge is 0.226 e. The Morgan fingerprint density at radius 1 is 1.23 bits per heavy atom. The molecule has 4 rings (SSSR count). The van der Waals surface area contributed by atoms with E-state index in [0.717, 1.165) is 17.1 Å². The van der Waals surface area contributed by atoms with E-state index >= 15 is 0 Å². The summed E-state index contributed by atoms with van der Waals surface area (Å²) in [6.45, 7) is 3.68. The predicted octanol–water partition coefficient (Wildman–Crippen LogP) is 4.85. The molecule has 2 atom stereocenters. The number of nitrogens with one attached hydrogen (secondary N) is 2. The summed E-state index contributed by atoms with van der Waals surface area (Å²) in [5.74, 6) is -0.211. The molecule has 1 amide bonds. The van der Waals surface area contributed by atoms with Crippen LogP contribution in [-0.2, 0) is 11.8 Å². The monoisotopic (exact) mass is 453 g/mol. The highest BCUT2D eigenvalue weighted by Gasteiger charge is 2.41. The molecule has 6 nitrogen and oxygen atoms in total. The fourth-order valence-corrected chi connectivity index (χ4v) is 4.32. The predicted molar refractivity (Wildman–Crippen MR) is 128 cm³/mol. The molecule has 1 aromatic carbocycles. The fraction of sp³-hybridized carbons (Fsp3) is 0.261. The third kappa shape index (κ3) is 4.16. The standard InChI is InChI=1S/C23H24ClN5OS/c1-14(2)22(30)26-17-10-9-15(13-16(17)24)29-21(19-8-6-12-28(19)3)20(27-23(29)31)18-7-4-5-11-25-18/h4-14,20-21H,1-3H3,(H,26,30)(H,27,31)/t20-,21+/m1/s1. The van der Waals surface area contributed by atoms with Gasteiger partial charge in [-0.25, -0.2) is 0 Å². The molecule has 0 unspecified atom stereocenters. The van der Waals surface area contributed by atoms with Crippen molar-refractivity contribution in [2.75, 3.05) is 10.2 Å². The van der Waals surface area contributed by atoms with Gasteiger partial charge in [0.1, 0.15) is 6.04 Å². The van der Waals surface area contributed by atoms with Crippen LogP contribution in [0.5, 0.6) is 0 Å². The Balaban J connectivity index is 1.74. The summed E-state index contributed by atoms with van der Waals surface area (Å²) < 4.78 is 2.09. The Morgan fingerprint density at radius 3 is 2.65 bits per heavy atom. The number of carbonyl (C=O) groups excluding carboxylic acids is 1. The zero-order valence-corrected chi connectivity index (χ0v) is 19.1. The van der Waals surface area contributed by atoms with Gasteiger partial charge in [-0.05, 0) is 54.7 Å². The molecule has 8 heteroatoms. The maximum atomic E-state index is 12.1. The number of carbonyl (C=O) groups is 1. The number of halogens is 1. The van der Waals surface area contributed by atoms with Gasteiger partial charge in [0.2, 0.25) is 5.91 Å². The third-order valence-electron chi connectivity index (χ3n) is 5.40. The van der Waals surface area contributed by atoms with Gasteiger partial charge >= 0.3 is 0 Å². The zero-order valence-electron chi connectivity index (χ0n) is 17.5. The number of thiocarbonyl (C=S) groups is 1. The maximum Gasteiger partial charge on any atom is 0.226 e. The van der Waals surface area contributed by atoms with E-state index in [4.69, 9.17) is 23.8 Å². The molecule has 1 aliphatic heterocycles. The van der Waals surface area contributed by atoms with Crippen molar-refractivity contribution in [2.24, 2.45) is 13.0 Å². The summed E-state index contributed by atoms with van der Waals surface area (Å²) in [5.41, 5.74) is 3.43. The largest absolute Gasteiger partial charge is 0.353 e. The summed E-state index contributed by atoms with van der Waals surface area (Å²) in [6.07, 6.45) is 3.80. The van der Waals surface area contributed by atoms with Crippen molar-refractivity contribution >= 4 is 46.2 Å². The number of aryl methyl sites for hydroxylation is 1. The molecule has 3 aromatic rings. The zero-order chi connectivity index (χ0) is 22.1. The van der Waals surface area contributed by atoms with Crippen LogP contribution in [0.3, 0.4) is 0 Å². The molecule has 0 saturated carbocycles. The van der Waals surface area contributed by atoms with Gasteiger partial charge in [0.15, 0.2) is 5.11 Å². The lowest BCUT2D eigenvalue weighted by atomic mass is 10.0. The average molecular weight is 454 g/mol. The highest BCUT2D eigenvalue weighted by atomic mass is 35.5. The van der Waals surface area contributed by atoms with Crippen LogP contribution in [0.2, 0.25) is 5.02 Å². The Kier molecular flexibility index (Phi) is 5.98. The van der Waals surface area contributed by atoms with Gasteiger partial charge in [-0.1, -0.05) is 31.5 Å². The van der Waals surface area contributed by atoms with Crippen molar-refractivity contribution < 1.29 is 4.79 Å². The minimum atomic E-state index is -0.132. The Hall–Kier alpha value is -2.90. The van der Waals surface area contributed by atoms with E-state index in [1.54, 1.807) is 6.20 Å². The molecule has 2 N–H and O–H groups in total. The van der Waals surface area contributed by atoms with Crippen LogP contribution < -0.4 is 15.5 Å². The summed E-state index contributed by atoms with van der Waals surface area (Å²) >= 11 is 12.3. The number of anilines is 2. The van der Waals surface area contributed by atoms with E-state index in [1.807, 2.05) is 69.6 Å². The molecule has 0 bridgehead atoms. The van der Waals surface area contributed by atoms with Crippen LogP contribution in [0.1, 0.15) is 37.3 Å². The van der Waals surface area contributed by atoms with Crippen molar-refractivity contribution in [2.45, 2.75) is 25.9 Å². The van der Waals surface area contributed by atoms with Crippen LogP contribution in [-0.4, -0.2) is 20.6 Å². The SMILES string of the molecule is CC(C)C(=O)Nc1ccc(N2C(=S)N[C@H](c3ccccn3)[C@@H]2c2cccn2C)cc1Cl. The van der Waals surface area contributed by atoms with Gasteiger partial charge < -0.3 is 20.1 Å². The third-order valence-corrected chi connectivity index (χ3v) is 6.03. The molecular formula is C23H24ClN5OS. The first-order chi connectivity index (χ1) is 14.9. The Labute approximate surface area is 192 Å². The molecule has 2 aromatic heterocycles. The quantitative estimate of drug-likeness (QED) is 0.541. The highest BCUT2D eigenvalue weighted by Crippen LogP contribution is 2.42. The second-order valence-corrected chi connectivity index (χ2v) is 8.64. The van der Waals surface area contributed by atoms with Crippen molar-refractivity contribution in [3.8, 4) is 0 Å². The van der Waals surface area contributed by atoms with E-state index in [1.165, 1.54) is 0 Å². The Morgan fingerprint density at radius 2 is 2.03 bits per heavy atom. The normalized spacial score (nSPS) is 18.4.